The first-order valence-electron chi connectivity index (χ1n) is 7.08. The standard InChI is InChI=1S/C14H29N/c1-2-3-4-5-6-7-9-13-10-8-11-14(15)12-13/h13-14H,2-12,15H2,1H3. The highest BCUT2D eigenvalue weighted by atomic mass is 14.6. The third-order valence-electron chi connectivity index (χ3n) is 3.79. The minimum atomic E-state index is 0.517. The Bertz CT molecular complexity index is 144. The van der Waals surface area contributed by atoms with Crippen LogP contribution in [0, 0.1) is 5.92 Å². The molecule has 0 amide bonds. The van der Waals surface area contributed by atoms with Gasteiger partial charge in [-0.05, 0) is 18.8 Å². The summed E-state index contributed by atoms with van der Waals surface area (Å²) in [6.07, 6.45) is 15.4. The predicted octanol–water partition coefficient (Wildman–Crippen LogP) is 4.25. The first-order chi connectivity index (χ1) is 7.33. The summed E-state index contributed by atoms with van der Waals surface area (Å²) in [5, 5.41) is 0. The Morgan fingerprint density at radius 3 is 2.47 bits per heavy atom. The van der Waals surface area contributed by atoms with Crippen LogP contribution in [-0.4, -0.2) is 6.04 Å². The molecule has 0 spiro atoms. The van der Waals surface area contributed by atoms with Gasteiger partial charge in [-0.3, -0.25) is 0 Å². The van der Waals surface area contributed by atoms with E-state index in [0.717, 1.165) is 5.92 Å². The topological polar surface area (TPSA) is 26.0 Å². The third-order valence-corrected chi connectivity index (χ3v) is 3.79. The summed E-state index contributed by atoms with van der Waals surface area (Å²) in [6, 6.07) is 0.517. The summed E-state index contributed by atoms with van der Waals surface area (Å²) in [4.78, 5) is 0. The van der Waals surface area contributed by atoms with Crippen molar-refractivity contribution in [3.8, 4) is 0 Å². The SMILES string of the molecule is CCCCCCCCC1CCCC(N)C1. The van der Waals surface area contributed by atoms with Crippen LogP contribution in [0.2, 0.25) is 0 Å². The molecule has 0 bridgehead atoms. The van der Waals surface area contributed by atoms with Crippen molar-refractivity contribution < 1.29 is 0 Å². The lowest BCUT2D eigenvalue weighted by Crippen LogP contribution is -2.27. The molecule has 2 N–H and O–H groups in total. The molecule has 1 saturated carbocycles. The Balaban J connectivity index is 1.90. The molecule has 0 aliphatic heterocycles. The number of hydrogen-bond acceptors (Lipinski definition) is 1. The summed E-state index contributed by atoms with van der Waals surface area (Å²) >= 11 is 0. The number of rotatable bonds is 7. The van der Waals surface area contributed by atoms with E-state index in [1.54, 1.807) is 0 Å². The van der Waals surface area contributed by atoms with Crippen LogP contribution in [0.15, 0.2) is 0 Å². The van der Waals surface area contributed by atoms with Gasteiger partial charge in [0.2, 0.25) is 0 Å². The normalized spacial score (nSPS) is 26.8. The van der Waals surface area contributed by atoms with Crippen LogP contribution in [0.4, 0.5) is 0 Å². The van der Waals surface area contributed by atoms with E-state index < -0.39 is 0 Å². The molecular weight excluding hydrogens is 182 g/mol. The second-order valence-corrected chi connectivity index (χ2v) is 5.35. The molecule has 15 heavy (non-hydrogen) atoms. The molecule has 0 heterocycles. The molecule has 0 aromatic heterocycles. The zero-order valence-corrected chi connectivity index (χ0v) is 10.5. The maximum absolute atomic E-state index is 6.00. The van der Waals surface area contributed by atoms with Crippen LogP contribution >= 0.6 is 0 Å². The van der Waals surface area contributed by atoms with Crippen molar-refractivity contribution in [3.05, 3.63) is 0 Å². The van der Waals surface area contributed by atoms with Gasteiger partial charge in [0.25, 0.3) is 0 Å². The quantitative estimate of drug-likeness (QED) is 0.626. The second kappa shape index (κ2) is 8.15. The van der Waals surface area contributed by atoms with Crippen molar-refractivity contribution in [2.24, 2.45) is 11.7 Å². The highest BCUT2D eigenvalue weighted by Gasteiger charge is 2.18. The first kappa shape index (κ1) is 13.0. The van der Waals surface area contributed by atoms with Crippen LogP contribution in [0.5, 0.6) is 0 Å². The van der Waals surface area contributed by atoms with Gasteiger partial charge in [0.15, 0.2) is 0 Å². The molecule has 2 atom stereocenters. The van der Waals surface area contributed by atoms with Gasteiger partial charge < -0.3 is 5.73 Å². The Morgan fingerprint density at radius 1 is 1.00 bits per heavy atom. The maximum Gasteiger partial charge on any atom is 0.00414 e. The summed E-state index contributed by atoms with van der Waals surface area (Å²) in [5.41, 5.74) is 6.00. The summed E-state index contributed by atoms with van der Waals surface area (Å²) in [5.74, 6) is 0.958. The average molecular weight is 211 g/mol. The molecular formula is C14H29N. The van der Waals surface area contributed by atoms with Crippen LogP contribution < -0.4 is 5.73 Å². The fourth-order valence-electron chi connectivity index (χ4n) is 2.81. The summed E-state index contributed by atoms with van der Waals surface area (Å²) < 4.78 is 0. The Hall–Kier alpha value is -0.0400. The van der Waals surface area contributed by atoms with Crippen LogP contribution in [0.3, 0.4) is 0 Å². The molecule has 1 nitrogen and oxygen atoms in total. The van der Waals surface area contributed by atoms with Gasteiger partial charge in [-0.25, -0.2) is 0 Å². The Morgan fingerprint density at radius 2 is 1.73 bits per heavy atom. The first-order valence-corrected chi connectivity index (χ1v) is 7.08. The lowest BCUT2D eigenvalue weighted by molar-refractivity contribution is 0.298. The third kappa shape index (κ3) is 6.19. The molecule has 0 aromatic rings. The maximum atomic E-state index is 6.00. The molecule has 1 aliphatic carbocycles. The van der Waals surface area contributed by atoms with Gasteiger partial charge in [-0.1, -0.05) is 64.7 Å². The van der Waals surface area contributed by atoms with Crippen LogP contribution in [-0.2, 0) is 0 Å². The number of hydrogen-bond donors (Lipinski definition) is 1. The van der Waals surface area contributed by atoms with Crippen LogP contribution in [0.1, 0.15) is 77.6 Å². The van der Waals surface area contributed by atoms with E-state index in [1.165, 1.54) is 70.6 Å². The van der Waals surface area contributed by atoms with E-state index in [4.69, 9.17) is 5.73 Å². The van der Waals surface area contributed by atoms with Gasteiger partial charge in [0.1, 0.15) is 0 Å². The largest absolute Gasteiger partial charge is 0.328 e. The number of unbranched alkanes of at least 4 members (excludes halogenated alkanes) is 5. The molecule has 1 rings (SSSR count). The van der Waals surface area contributed by atoms with Crippen molar-refractivity contribution >= 4 is 0 Å². The minimum absolute atomic E-state index is 0.517. The van der Waals surface area contributed by atoms with Gasteiger partial charge >= 0.3 is 0 Å². The lowest BCUT2D eigenvalue weighted by atomic mass is 9.83. The highest BCUT2D eigenvalue weighted by Crippen LogP contribution is 2.27. The second-order valence-electron chi connectivity index (χ2n) is 5.35. The predicted molar refractivity (Wildman–Crippen MR) is 67.9 cm³/mol. The van der Waals surface area contributed by atoms with Gasteiger partial charge in [0.05, 0.1) is 0 Å². The summed E-state index contributed by atoms with van der Waals surface area (Å²) in [6.45, 7) is 2.28. The monoisotopic (exact) mass is 211 g/mol. The molecule has 1 heteroatoms. The molecule has 0 aromatic carbocycles. The molecule has 90 valence electrons. The van der Waals surface area contributed by atoms with Crippen molar-refractivity contribution in [2.45, 2.75) is 83.6 Å². The summed E-state index contributed by atoms with van der Waals surface area (Å²) in [7, 11) is 0. The Kier molecular flexibility index (Phi) is 7.08. The van der Waals surface area contributed by atoms with E-state index in [0.29, 0.717) is 6.04 Å². The van der Waals surface area contributed by atoms with Crippen molar-refractivity contribution in [1.29, 1.82) is 0 Å². The Labute approximate surface area is 95.8 Å². The molecule has 1 fully saturated rings. The van der Waals surface area contributed by atoms with Crippen molar-refractivity contribution in [3.63, 3.8) is 0 Å². The smallest absolute Gasteiger partial charge is 0.00414 e. The van der Waals surface area contributed by atoms with Crippen LogP contribution in [0.25, 0.3) is 0 Å². The van der Waals surface area contributed by atoms with Crippen molar-refractivity contribution in [2.75, 3.05) is 0 Å². The fourth-order valence-corrected chi connectivity index (χ4v) is 2.81. The van der Waals surface area contributed by atoms with Gasteiger partial charge in [-0.15, -0.1) is 0 Å². The fraction of sp³-hybridized carbons (Fsp3) is 1.00. The highest BCUT2D eigenvalue weighted by molar-refractivity contribution is 4.74. The van der Waals surface area contributed by atoms with E-state index in [-0.39, 0.29) is 0 Å². The zero-order valence-electron chi connectivity index (χ0n) is 10.5. The van der Waals surface area contributed by atoms with Gasteiger partial charge in [0, 0.05) is 6.04 Å². The lowest BCUT2D eigenvalue weighted by Gasteiger charge is -2.26. The zero-order chi connectivity index (χ0) is 10.9. The number of nitrogens with two attached hydrogens (primary N) is 1. The molecule has 0 saturated heterocycles. The van der Waals surface area contributed by atoms with E-state index in [1.807, 2.05) is 0 Å². The van der Waals surface area contributed by atoms with E-state index in [2.05, 4.69) is 6.92 Å². The van der Waals surface area contributed by atoms with Crippen molar-refractivity contribution in [1.82, 2.24) is 0 Å². The minimum Gasteiger partial charge on any atom is -0.328 e. The molecule has 2 unspecified atom stereocenters. The van der Waals surface area contributed by atoms with E-state index >= 15 is 0 Å². The van der Waals surface area contributed by atoms with Gasteiger partial charge in [-0.2, -0.15) is 0 Å². The van der Waals surface area contributed by atoms with E-state index in [9.17, 15) is 0 Å². The molecule has 0 radical (unpaired) electrons. The average Bonchev–Trinajstić information content (AvgIpc) is 2.23. The molecule has 1 aliphatic rings.